The van der Waals surface area contributed by atoms with E-state index in [1.165, 1.54) is 4.90 Å². The third-order valence-corrected chi connectivity index (χ3v) is 1.98. The first-order valence-corrected chi connectivity index (χ1v) is 4.88. The van der Waals surface area contributed by atoms with Crippen molar-refractivity contribution < 1.29 is 13.9 Å². The van der Waals surface area contributed by atoms with Crippen molar-refractivity contribution in [3.05, 3.63) is 11.4 Å². The van der Waals surface area contributed by atoms with E-state index in [1.54, 1.807) is 20.8 Å². The molecule has 1 amide bonds. The first-order chi connectivity index (χ1) is 6.83. The van der Waals surface area contributed by atoms with Crippen LogP contribution in [-0.4, -0.2) is 36.2 Å². The molecular formula is C10H17FN2O2. The van der Waals surface area contributed by atoms with Crippen LogP contribution in [0.2, 0.25) is 0 Å². The van der Waals surface area contributed by atoms with Crippen molar-refractivity contribution in [2.24, 2.45) is 5.73 Å². The van der Waals surface area contributed by atoms with Crippen molar-refractivity contribution in [1.29, 1.82) is 0 Å². The Hall–Kier alpha value is -1.10. The molecule has 0 saturated carbocycles. The van der Waals surface area contributed by atoms with Crippen LogP contribution in [-0.2, 0) is 4.74 Å². The summed E-state index contributed by atoms with van der Waals surface area (Å²) in [6.45, 7) is 5.86. The highest BCUT2D eigenvalue weighted by molar-refractivity contribution is 5.70. The van der Waals surface area contributed by atoms with Crippen LogP contribution >= 0.6 is 0 Å². The van der Waals surface area contributed by atoms with E-state index in [2.05, 4.69) is 0 Å². The van der Waals surface area contributed by atoms with Crippen LogP contribution in [0.4, 0.5) is 9.18 Å². The number of hydrogen-bond donors (Lipinski definition) is 1. The lowest BCUT2D eigenvalue weighted by atomic mass is 10.1. The number of halogens is 1. The van der Waals surface area contributed by atoms with Crippen LogP contribution in [0, 0.1) is 0 Å². The highest BCUT2D eigenvalue weighted by atomic mass is 19.1. The van der Waals surface area contributed by atoms with E-state index in [0.717, 1.165) is 0 Å². The number of carbonyl (C=O) groups is 1. The van der Waals surface area contributed by atoms with Crippen molar-refractivity contribution in [3.8, 4) is 0 Å². The van der Waals surface area contributed by atoms with Crippen LogP contribution in [0.1, 0.15) is 20.8 Å². The molecular weight excluding hydrogens is 199 g/mol. The maximum atomic E-state index is 12.9. The van der Waals surface area contributed by atoms with Crippen molar-refractivity contribution in [3.63, 3.8) is 0 Å². The van der Waals surface area contributed by atoms with E-state index >= 15 is 0 Å². The summed E-state index contributed by atoms with van der Waals surface area (Å²) in [6.07, 6.45) is -0.406. The van der Waals surface area contributed by atoms with Gasteiger partial charge in [0.1, 0.15) is 11.4 Å². The third-order valence-electron chi connectivity index (χ3n) is 1.98. The van der Waals surface area contributed by atoms with Gasteiger partial charge in [0.15, 0.2) is 0 Å². The summed E-state index contributed by atoms with van der Waals surface area (Å²) in [5.74, 6) is -0.324. The molecule has 1 aliphatic heterocycles. The minimum Gasteiger partial charge on any atom is -0.444 e. The maximum absolute atomic E-state index is 12.9. The second-order valence-corrected chi connectivity index (χ2v) is 4.55. The van der Waals surface area contributed by atoms with Gasteiger partial charge in [0.2, 0.25) is 0 Å². The highest BCUT2D eigenvalue weighted by Crippen LogP contribution is 2.21. The van der Waals surface area contributed by atoms with Gasteiger partial charge >= 0.3 is 6.09 Å². The molecule has 1 rings (SSSR count). The van der Waals surface area contributed by atoms with Crippen LogP contribution in [0.15, 0.2) is 11.4 Å². The number of nitrogens with zero attached hydrogens (tertiary/aromatic N) is 1. The average Bonchev–Trinajstić information content (AvgIpc) is 1.97. The first kappa shape index (κ1) is 12.0. The highest BCUT2D eigenvalue weighted by Gasteiger charge is 2.31. The van der Waals surface area contributed by atoms with E-state index < -0.39 is 11.7 Å². The van der Waals surface area contributed by atoms with Gasteiger partial charge in [-0.3, -0.25) is 4.90 Å². The molecule has 0 aromatic heterocycles. The molecule has 1 saturated heterocycles. The van der Waals surface area contributed by atoms with Gasteiger partial charge in [0.25, 0.3) is 0 Å². The fourth-order valence-electron chi connectivity index (χ4n) is 1.19. The van der Waals surface area contributed by atoms with Crippen molar-refractivity contribution in [2.75, 3.05) is 19.6 Å². The first-order valence-electron chi connectivity index (χ1n) is 4.88. The van der Waals surface area contributed by atoms with E-state index in [-0.39, 0.29) is 25.5 Å². The fraction of sp³-hybridized carbons (Fsp3) is 0.700. The Morgan fingerprint density at radius 1 is 1.53 bits per heavy atom. The number of nitrogens with two attached hydrogens (primary N) is 1. The van der Waals surface area contributed by atoms with Gasteiger partial charge in [-0.15, -0.1) is 0 Å². The number of ether oxygens (including phenoxy) is 1. The molecule has 0 aromatic rings. The molecule has 1 aliphatic rings. The number of carbonyl (C=O) groups excluding carboxylic acids is 1. The number of amides is 1. The Balaban J connectivity index is 2.43. The minimum absolute atomic E-state index is 0.0997. The molecule has 2 N–H and O–H groups in total. The zero-order valence-electron chi connectivity index (χ0n) is 9.34. The average molecular weight is 216 g/mol. The SMILES string of the molecule is CC(C)(C)OC(=O)N1CC(=C(F)CN)C1. The number of rotatable bonds is 1. The van der Waals surface area contributed by atoms with Crippen molar-refractivity contribution >= 4 is 6.09 Å². The molecule has 15 heavy (non-hydrogen) atoms. The summed E-state index contributed by atoms with van der Waals surface area (Å²) in [4.78, 5) is 12.9. The molecule has 0 radical (unpaired) electrons. The predicted molar refractivity (Wildman–Crippen MR) is 55.0 cm³/mol. The Labute approximate surface area is 88.9 Å². The molecule has 0 aromatic carbocycles. The van der Waals surface area contributed by atoms with Crippen molar-refractivity contribution in [1.82, 2.24) is 4.90 Å². The Morgan fingerprint density at radius 2 is 2.07 bits per heavy atom. The molecule has 0 atom stereocenters. The maximum Gasteiger partial charge on any atom is 0.410 e. The van der Waals surface area contributed by atoms with Crippen LogP contribution < -0.4 is 5.73 Å². The normalized spacial score (nSPS) is 16.1. The third kappa shape index (κ3) is 3.20. The summed E-state index contributed by atoms with van der Waals surface area (Å²) in [7, 11) is 0. The zero-order chi connectivity index (χ0) is 11.6. The van der Waals surface area contributed by atoms with E-state index in [1.807, 2.05) is 0 Å². The molecule has 5 heteroatoms. The molecule has 0 spiro atoms. The molecule has 0 bridgehead atoms. The lowest BCUT2D eigenvalue weighted by molar-refractivity contribution is 0.0210. The molecule has 1 heterocycles. The van der Waals surface area contributed by atoms with Crippen LogP contribution in [0.3, 0.4) is 0 Å². The monoisotopic (exact) mass is 216 g/mol. The summed E-state index contributed by atoms with van der Waals surface area (Å²) < 4.78 is 18.0. The molecule has 86 valence electrons. The summed E-state index contributed by atoms with van der Waals surface area (Å²) in [5.41, 5.74) is 5.21. The molecule has 1 fully saturated rings. The quantitative estimate of drug-likeness (QED) is 0.721. The second kappa shape index (κ2) is 4.18. The van der Waals surface area contributed by atoms with Crippen molar-refractivity contribution in [2.45, 2.75) is 26.4 Å². The van der Waals surface area contributed by atoms with E-state index in [9.17, 15) is 9.18 Å². The minimum atomic E-state index is -0.511. The number of likely N-dealkylation sites (tertiary alicyclic amines) is 1. The van der Waals surface area contributed by atoms with E-state index in [4.69, 9.17) is 10.5 Å². The summed E-state index contributed by atoms with van der Waals surface area (Å²) in [6, 6.07) is 0. The van der Waals surface area contributed by atoms with Gasteiger partial charge in [-0.05, 0) is 20.8 Å². The molecule has 0 unspecified atom stereocenters. The van der Waals surface area contributed by atoms with Gasteiger partial charge in [0, 0.05) is 25.2 Å². The van der Waals surface area contributed by atoms with Gasteiger partial charge in [-0.25, -0.2) is 9.18 Å². The summed E-state index contributed by atoms with van der Waals surface area (Å²) in [5, 5.41) is 0. The second-order valence-electron chi connectivity index (χ2n) is 4.55. The predicted octanol–water partition coefficient (Wildman–Crippen LogP) is 1.42. The number of hydrogen-bond acceptors (Lipinski definition) is 3. The summed E-state index contributed by atoms with van der Waals surface area (Å²) >= 11 is 0. The van der Waals surface area contributed by atoms with Gasteiger partial charge < -0.3 is 10.5 Å². The smallest absolute Gasteiger partial charge is 0.410 e. The van der Waals surface area contributed by atoms with Gasteiger partial charge in [0.05, 0.1) is 0 Å². The topological polar surface area (TPSA) is 55.6 Å². The Kier molecular flexibility index (Phi) is 3.34. The lowest BCUT2D eigenvalue weighted by Gasteiger charge is -2.35. The van der Waals surface area contributed by atoms with E-state index in [0.29, 0.717) is 5.57 Å². The molecule has 4 nitrogen and oxygen atoms in total. The van der Waals surface area contributed by atoms with Gasteiger partial charge in [-0.1, -0.05) is 0 Å². The standard InChI is InChI=1S/C10H17FN2O2/c1-10(2,3)15-9(14)13-5-7(6-13)8(11)4-12/h4-6,12H2,1-3H3. The lowest BCUT2D eigenvalue weighted by Crippen LogP contribution is -2.47. The fourth-order valence-corrected chi connectivity index (χ4v) is 1.19. The van der Waals surface area contributed by atoms with Crippen LogP contribution in [0.25, 0.3) is 0 Å². The van der Waals surface area contributed by atoms with Crippen LogP contribution in [0.5, 0.6) is 0 Å². The Bertz CT molecular complexity index is 286. The zero-order valence-corrected chi connectivity index (χ0v) is 9.34. The largest absolute Gasteiger partial charge is 0.444 e. The molecule has 0 aliphatic carbocycles. The Morgan fingerprint density at radius 3 is 2.47 bits per heavy atom. The van der Waals surface area contributed by atoms with Gasteiger partial charge in [-0.2, -0.15) is 0 Å².